The maximum absolute atomic E-state index is 12.4. The fraction of sp³-hybridized carbons (Fsp3) is 0.455. The molecular weight excluding hydrogens is 682 g/mol. The second-order valence-electron chi connectivity index (χ2n) is 12.3. The lowest BCUT2D eigenvalue weighted by molar-refractivity contribution is 0.0982. The Morgan fingerprint density at radius 1 is 0.979 bits per heavy atom. The third kappa shape index (κ3) is 7.77. The molecule has 0 amide bonds. The van der Waals surface area contributed by atoms with Crippen LogP contribution in [0, 0.1) is 0 Å². The van der Waals surface area contributed by atoms with E-state index in [9.17, 15) is 8.42 Å². The van der Waals surface area contributed by atoms with Gasteiger partial charge in [0.05, 0.1) is 34.1 Å². The van der Waals surface area contributed by atoms with Gasteiger partial charge in [0.15, 0.2) is 9.84 Å². The largest absolute Gasteiger partial charge is 0.494 e. The molecule has 2 aliphatic rings. The van der Waals surface area contributed by atoms with Crippen molar-refractivity contribution in [2.45, 2.75) is 38.0 Å². The van der Waals surface area contributed by atoms with Gasteiger partial charge < -0.3 is 25.2 Å². The van der Waals surface area contributed by atoms with Crippen molar-refractivity contribution in [3.63, 3.8) is 0 Å². The first kappa shape index (κ1) is 33.3. The molecule has 250 valence electrons. The summed E-state index contributed by atoms with van der Waals surface area (Å²) in [4.78, 5) is 25.6. The summed E-state index contributed by atoms with van der Waals surface area (Å²) >= 11 is 3.55. The van der Waals surface area contributed by atoms with Crippen LogP contribution in [0.5, 0.6) is 5.75 Å². The molecule has 2 aromatic heterocycles. The number of hydrogen-bond donors (Lipinski definition) is 2. The van der Waals surface area contributed by atoms with Crippen molar-refractivity contribution >= 4 is 65.6 Å². The maximum Gasteiger partial charge on any atom is 0.229 e. The molecule has 0 atom stereocenters. The van der Waals surface area contributed by atoms with Crippen LogP contribution in [0.3, 0.4) is 0 Å². The molecule has 2 N–H and O–H groups in total. The molecule has 2 fully saturated rings. The Kier molecular flexibility index (Phi) is 10.1. The quantitative estimate of drug-likeness (QED) is 0.229. The number of sulfone groups is 1. The molecule has 2 saturated heterocycles. The first-order valence-corrected chi connectivity index (χ1v) is 18.8. The van der Waals surface area contributed by atoms with Gasteiger partial charge in [0.2, 0.25) is 5.95 Å². The molecule has 4 aromatic rings. The standard InChI is InChI=1S/C33H42BrN9O3S/c1-5-22-18-28(30(46-3)19-29(22)43-12-8-23(9-13-43)42-16-14-41(2)15-17-42)39-33-37-20-25(34)32(40-33)38-26-6-7-27-31(36-11-10-35-27)24(26)21-47(4,44)45/h6-7,10-11,18-20,23H,5,8-9,12-17,21H2,1-4H3,(H2,37,38,39,40). The van der Waals surface area contributed by atoms with Crippen molar-refractivity contribution in [2.75, 3.05) is 75.2 Å². The van der Waals surface area contributed by atoms with Crippen LogP contribution in [0.4, 0.5) is 28.8 Å². The zero-order valence-electron chi connectivity index (χ0n) is 27.3. The zero-order chi connectivity index (χ0) is 33.1. The molecule has 2 aromatic carbocycles. The molecule has 47 heavy (non-hydrogen) atoms. The number of hydrogen-bond acceptors (Lipinski definition) is 12. The van der Waals surface area contributed by atoms with Crippen LogP contribution < -0.4 is 20.3 Å². The van der Waals surface area contributed by atoms with E-state index >= 15 is 0 Å². The first-order valence-electron chi connectivity index (χ1n) is 16.0. The van der Waals surface area contributed by atoms with Crippen molar-refractivity contribution in [1.82, 2.24) is 29.7 Å². The molecule has 0 aliphatic carbocycles. The van der Waals surface area contributed by atoms with E-state index in [1.54, 1.807) is 37.8 Å². The molecule has 0 unspecified atom stereocenters. The smallest absolute Gasteiger partial charge is 0.229 e. The second-order valence-corrected chi connectivity index (χ2v) is 15.3. The van der Waals surface area contributed by atoms with Gasteiger partial charge in [0.25, 0.3) is 0 Å². The summed E-state index contributed by atoms with van der Waals surface area (Å²) < 4.78 is 31.2. The van der Waals surface area contributed by atoms with E-state index in [1.807, 2.05) is 0 Å². The monoisotopic (exact) mass is 723 g/mol. The molecule has 0 radical (unpaired) electrons. The molecule has 0 bridgehead atoms. The minimum atomic E-state index is -3.36. The highest BCUT2D eigenvalue weighted by Gasteiger charge is 2.28. The predicted molar refractivity (Wildman–Crippen MR) is 191 cm³/mol. The lowest BCUT2D eigenvalue weighted by Crippen LogP contribution is -2.52. The third-order valence-electron chi connectivity index (χ3n) is 9.04. The summed E-state index contributed by atoms with van der Waals surface area (Å²) in [6.07, 6.45) is 9.19. The Morgan fingerprint density at radius 3 is 2.43 bits per heavy atom. The Morgan fingerprint density at radius 2 is 1.72 bits per heavy atom. The number of aryl methyl sites for hydroxylation is 1. The highest BCUT2D eigenvalue weighted by molar-refractivity contribution is 9.10. The molecule has 4 heterocycles. The fourth-order valence-electron chi connectivity index (χ4n) is 6.50. The lowest BCUT2D eigenvalue weighted by atomic mass is 9.99. The van der Waals surface area contributed by atoms with Crippen molar-refractivity contribution in [2.24, 2.45) is 0 Å². The molecular formula is C33H42BrN9O3S. The third-order valence-corrected chi connectivity index (χ3v) is 10.4. The number of halogens is 1. The van der Waals surface area contributed by atoms with Gasteiger partial charge in [0, 0.05) is 93.2 Å². The first-order chi connectivity index (χ1) is 22.6. The number of rotatable bonds is 10. The fourth-order valence-corrected chi connectivity index (χ4v) is 7.61. The summed E-state index contributed by atoms with van der Waals surface area (Å²) in [5.74, 6) is 1.34. The summed E-state index contributed by atoms with van der Waals surface area (Å²) in [6, 6.07) is 8.50. The number of nitrogens with one attached hydrogen (secondary N) is 2. The van der Waals surface area contributed by atoms with Crippen molar-refractivity contribution < 1.29 is 13.2 Å². The number of aromatic nitrogens is 4. The number of methoxy groups -OCH3 is 1. The van der Waals surface area contributed by atoms with Crippen molar-refractivity contribution in [3.05, 3.63) is 58.5 Å². The Hall–Kier alpha value is -3.59. The number of fused-ring (bicyclic) bond motifs is 1. The maximum atomic E-state index is 12.4. The average Bonchev–Trinajstić information content (AvgIpc) is 3.07. The SMILES string of the molecule is CCc1cc(Nc2ncc(Br)c(Nc3ccc4nccnc4c3CS(C)(=O)=O)n2)c(OC)cc1N1CCC(N2CCN(C)CC2)CC1. The second kappa shape index (κ2) is 14.3. The number of nitrogens with zero attached hydrogens (tertiary/aromatic N) is 7. The molecule has 14 heteroatoms. The molecule has 6 rings (SSSR count). The summed E-state index contributed by atoms with van der Waals surface area (Å²) in [5, 5.41) is 6.66. The van der Waals surface area contributed by atoms with E-state index in [-0.39, 0.29) is 5.75 Å². The number of anilines is 5. The number of piperazine rings is 1. The van der Waals surface area contributed by atoms with Crippen LogP contribution in [-0.2, 0) is 22.0 Å². The summed E-state index contributed by atoms with van der Waals surface area (Å²) in [7, 11) is 0.520. The number of piperidine rings is 1. The van der Waals surface area contributed by atoms with Gasteiger partial charge in [0.1, 0.15) is 11.6 Å². The Bertz CT molecular complexity index is 1840. The Labute approximate surface area is 285 Å². The summed E-state index contributed by atoms with van der Waals surface area (Å²) in [6.45, 7) is 8.82. The van der Waals surface area contributed by atoms with Gasteiger partial charge in [-0.2, -0.15) is 4.98 Å². The van der Waals surface area contributed by atoms with Gasteiger partial charge in [-0.15, -0.1) is 0 Å². The van der Waals surface area contributed by atoms with Gasteiger partial charge in [-0.05, 0) is 66.0 Å². The van der Waals surface area contributed by atoms with Crippen LogP contribution in [0.1, 0.15) is 30.9 Å². The minimum Gasteiger partial charge on any atom is -0.494 e. The number of ether oxygens (including phenoxy) is 1. The van der Waals surface area contributed by atoms with Crippen LogP contribution in [0.2, 0.25) is 0 Å². The van der Waals surface area contributed by atoms with Crippen molar-refractivity contribution in [3.8, 4) is 5.75 Å². The van der Waals surface area contributed by atoms with Crippen LogP contribution >= 0.6 is 15.9 Å². The van der Waals surface area contributed by atoms with E-state index in [0.717, 1.165) is 64.2 Å². The molecule has 12 nitrogen and oxygen atoms in total. The van der Waals surface area contributed by atoms with Crippen LogP contribution in [0.25, 0.3) is 11.0 Å². The zero-order valence-corrected chi connectivity index (χ0v) is 29.7. The average molecular weight is 725 g/mol. The van der Waals surface area contributed by atoms with E-state index < -0.39 is 9.84 Å². The van der Waals surface area contributed by atoms with Gasteiger partial charge in [-0.3, -0.25) is 14.9 Å². The highest BCUT2D eigenvalue weighted by atomic mass is 79.9. The van der Waals surface area contributed by atoms with Crippen molar-refractivity contribution in [1.29, 1.82) is 0 Å². The normalized spacial score (nSPS) is 16.8. The van der Waals surface area contributed by atoms with E-state index in [2.05, 4.69) is 82.3 Å². The van der Waals surface area contributed by atoms with E-state index in [4.69, 9.17) is 9.72 Å². The molecule has 0 saturated carbocycles. The number of benzene rings is 2. The lowest BCUT2D eigenvalue weighted by Gasteiger charge is -2.43. The van der Waals surface area contributed by atoms with Crippen LogP contribution in [-0.4, -0.2) is 104 Å². The van der Waals surface area contributed by atoms with Gasteiger partial charge >= 0.3 is 0 Å². The van der Waals surface area contributed by atoms with Crippen LogP contribution in [0.15, 0.2) is 47.3 Å². The highest BCUT2D eigenvalue weighted by Crippen LogP contribution is 2.37. The number of likely N-dealkylation sites (N-methyl/N-ethyl adjacent to an activating group) is 1. The van der Waals surface area contributed by atoms with E-state index in [0.29, 0.717) is 50.3 Å². The van der Waals surface area contributed by atoms with Gasteiger partial charge in [-0.1, -0.05) is 6.92 Å². The topological polar surface area (TPSA) is 129 Å². The van der Waals surface area contributed by atoms with Gasteiger partial charge in [-0.25, -0.2) is 13.4 Å². The summed E-state index contributed by atoms with van der Waals surface area (Å²) in [5.41, 5.74) is 5.44. The predicted octanol–water partition coefficient (Wildman–Crippen LogP) is 5.00. The Balaban J connectivity index is 1.22. The minimum absolute atomic E-state index is 0.198. The molecule has 0 spiro atoms. The van der Waals surface area contributed by atoms with E-state index in [1.165, 1.54) is 17.5 Å². The molecule has 2 aliphatic heterocycles.